The molecular formula is C111H171O3P. The third-order valence-electron chi connectivity index (χ3n) is 25.1. The van der Waals surface area contributed by atoms with E-state index in [2.05, 4.69) is 379 Å². The number of allylic oxidation sites excluding steroid dienone is 3. The van der Waals surface area contributed by atoms with Gasteiger partial charge in [0.05, 0.1) is 16.2 Å². The fourth-order valence-corrected chi connectivity index (χ4v) is 18.7. The number of hydrogen-bond donors (Lipinski definition) is 0. The summed E-state index contributed by atoms with van der Waals surface area (Å²) >= 11 is 0. The number of benzene rings is 6. The topological polar surface area (TPSA) is 27.7 Å². The molecule has 0 saturated carbocycles. The van der Waals surface area contributed by atoms with Crippen LogP contribution in [0.2, 0.25) is 0 Å². The first-order valence-electron chi connectivity index (χ1n) is 45.1. The van der Waals surface area contributed by atoms with E-state index < -0.39 is 24.8 Å². The standard InChI is InChI=1S/C111H171O3P/c1-43-46-49-52-67-109(85-61-55-79(97(7,8)9)70-91(85)103(25,26)27,86-62-56-80(98(10,11)12)71-92(86)104(28,29)30)76(4)112-115(113-77(5)110(68-53-50-47-44-2,87-63-57-81(99(13,14)15)72-93(87)105(31,32)33)88-64-58-82(100(16,17)18)73-94(88)106(34,35)36)114-78(6)111(69-54-51-48-45-3,89-65-59-83(101(19,20)21)74-95(89)107(37,38)39)90-66-60-84(102(22,23)24)75-96(90)108(40,41)42/h55-66,70-75H,4-6,43-54,67-69H2,1-3,7-42H3. The molecule has 115 heavy (non-hydrogen) atoms. The number of rotatable bonds is 30. The Balaban J connectivity index is 2.06. The molecular weight excluding hydrogens is 1410 g/mol. The molecule has 0 heterocycles. The predicted octanol–water partition coefficient (Wildman–Crippen LogP) is 34.2. The van der Waals surface area contributed by atoms with E-state index in [-0.39, 0.29) is 65.0 Å². The van der Waals surface area contributed by atoms with Gasteiger partial charge in [0.2, 0.25) is 0 Å². The van der Waals surface area contributed by atoms with E-state index in [0.717, 1.165) is 96.3 Å². The van der Waals surface area contributed by atoms with Crippen LogP contribution in [-0.4, -0.2) is 0 Å². The molecule has 0 radical (unpaired) electrons. The van der Waals surface area contributed by atoms with E-state index in [1.807, 2.05) is 0 Å². The summed E-state index contributed by atoms with van der Waals surface area (Å²) in [6.07, 6.45) is 14.7. The van der Waals surface area contributed by atoms with Gasteiger partial charge >= 0.3 is 8.60 Å². The van der Waals surface area contributed by atoms with Crippen LogP contribution in [0.15, 0.2) is 146 Å². The second-order valence-corrected chi connectivity index (χ2v) is 48.5. The molecule has 0 saturated heterocycles. The number of unbranched alkanes of at least 4 members (excludes halogenated alkanes) is 9. The maximum absolute atomic E-state index is 8.62. The molecule has 0 bridgehead atoms. The van der Waals surface area contributed by atoms with Crippen molar-refractivity contribution in [2.45, 2.75) is 448 Å². The minimum absolute atomic E-state index is 0.136. The Morgan fingerprint density at radius 1 is 0.209 bits per heavy atom. The average Bonchev–Trinajstić information content (AvgIpc) is 0.729. The van der Waals surface area contributed by atoms with E-state index in [1.165, 1.54) is 100 Å². The summed E-state index contributed by atoms with van der Waals surface area (Å²) in [4.78, 5) is 0. The smallest absolute Gasteiger partial charge is 0.412 e. The molecule has 3 nitrogen and oxygen atoms in total. The average molecular weight is 1580 g/mol. The molecule has 4 heteroatoms. The van der Waals surface area contributed by atoms with Gasteiger partial charge in [-0.25, -0.2) is 0 Å². The third kappa shape index (κ3) is 22.9. The first-order chi connectivity index (χ1) is 52.2. The zero-order chi connectivity index (χ0) is 87.7. The molecule has 6 aromatic carbocycles. The Kier molecular flexibility index (Phi) is 30.7. The summed E-state index contributed by atoms with van der Waals surface area (Å²) < 4.78 is 25.9. The van der Waals surface area contributed by atoms with Crippen LogP contribution < -0.4 is 0 Å². The number of hydrogen-bond acceptors (Lipinski definition) is 3. The highest BCUT2D eigenvalue weighted by Crippen LogP contribution is 2.63. The molecule has 0 N–H and O–H groups in total. The lowest BCUT2D eigenvalue weighted by molar-refractivity contribution is 0.195. The lowest BCUT2D eigenvalue weighted by atomic mass is 9.61. The normalized spacial score (nSPS) is 13.9. The quantitative estimate of drug-likeness (QED) is 0.0256. The second-order valence-electron chi connectivity index (χ2n) is 47.5. The van der Waals surface area contributed by atoms with Gasteiger partial charge in [-0.05, 0) is 184 Å². The van der Waals surface area contributed by atoms with Crippen molar-refractivity contribution in [3.63, 3.8) is 0 Å². The first kappa shape index (κ1) is 98.2. The van der Waals surface area contributed by atoms with Crippen molar-refractivity contribution in [2.75, 3.05) is 0 Å². The lowest BCUT2D eigenvalue weighted by Crippen LogP contribution is -2.39. The van der Waals surface area contributed by atoms with Crippen LogP contribution in [0.5, 0.6) is 0 Å². The van der Waals surface area contributed by atoms with Crippen molar-refractivity contribution < 1.29 is 13.6 Å². The van der Waals surface area contributed by atoms with Crippen molar-refractivity contribution in [1.82, 2.24) is 0 Å². The fourth-order valence-electron chi connectivity index (χ4n) is 17.6. The summed E-state index contributed by atoms with van der Waals surface area (Å²) in [5, 5.41) is 0. The molecule has 0 fully saturated rings. The van der Waals surface area contributed by atoms with Gasteiger partial charge in [-0.2, -0.15) is 0 Å². The van der Waals surface area contributed by atoms with Gasteiger partial charge in [0.25, 0.3) is 0 Å². The second kappa shape index (κ2) is 36.0. The van der Waals surface area contributed by atoms with Crippen LogP contribution in [0.25, 0.3) is 0 Å². The Labute approximate surface area is 711 Å². The van der Waals surface area contributed by atoms with Crippen molar-refractivity contribution in [3.05, 3.63) is 246 Å². The van der Waals surface area contributed by atoms with Gasteiger partial charge in [0.1, 0.15) is 17.3 Å². The zero-order valence-electron chi connectivity index (χ0n) is 81.8. The maximum atomic E-state index is 8.62. The highest BCUT2D eigenvalue weighted by Gasteiger charge is 2.53. The molecule has 638 valence electrons. The molecule has 6 aromatic rings. The van der Waals surface area contributed by atoms with Crippen LogP contribution in [0.1, 0.15) is 466 Å². The van der Waals surface area contributed by atoms with Crippen LogP contribution >= 0.6 is 8.60 Å². The van der Waals surface area contributed by atoms with E-state index in [9.17, 15) is 0 Å². The van der Waals surface area contributed by atoms with Crippen LogP contribution in [0.4, 0.5) is 0 Å². The molecule has 0 aliphatic heterocycles. The van der Waals surface area contributed by atoms with Crippen molar-refractivity contribution in [1.29, 1.82) is 0 Å². The Bertz CT molecular complexity index is 3630. The molecule has 6 rings (SSSR count). The van der Waals surface area contributed by atoms with Gasteiger partial charge in [-0.3, -0.25) is 0 Å². The summed E-state index contributed by atoms with van der Waals surface area (Å²) in [5.41, 5.74) is 17.0. The molecule has 0 aliphatic carbocycles. The minimum atomic E-state index is -2.65. The Morgan fingerprint density at radius 3 is 0.478 bits per heavy atom. The van der Waals surface area contributed by atoms with Crippen LogP contribution in [0, 0.1) is 0 Å². The van der Waals surface area contributed by atoms with Gasteiger partial charge in [0, 0.05) is 0 Å². The van der Waals surface area contributed by atoms with Gasteiger partial charge in [-0.15, -0.1) is 0 Å². The molecule has 0 atom stereocenters. The molecule has 0 unspecified atom stereocenters. The first-order valence-corrected chi connectivity index (χ1v) is 46.2. The monoisotopic (exact) mass is 1580 g/mol. The molecule has 0 amide bonds. The predicted molar refractivity (Wildman–Crippen MR) is 509 cm³/mol. The Hall–Kier alpha value is -5.63. The molecule has 0 spiro atoms. The summed E-state index contributed by atoms with van der Waals surface area (Å²) in [6.45, 7) is 109. The van der Waals surface area contributed by atoms with Gasteiger partial charge in [0.15, 0.2) is 0 Å². The van der Waals surface area contributed by atoms with Crippen molar-refractivity contribution in [2.24, 2.45) is 0 Å². The van der Waals surface area contributed by atoms with Crippen LogP contribution in [-0.2, 0) is 94.8 Å². The van der Waals surface area contributed by atoms with Gasteiger partial charge < -0.3 is 13.6 Å². The molecule has 0 aliphatic rings. The van der Waals surface area contributed by atoms with Crippen molar-refractivity contribution >= 4 is 8.60 Å². The maximum Gasteiger partial charge on any atom is 0.529 e. The third-order valence-corrected chi connectivity index (χ3v) is 26.2. The summed E-state index contributed by atoms with van der Waals surface area (Å²) in [5.74, 6) is 1.81. The van der Waals surface area contributed by atoms with E-state index in [4.69, 9.17) is 33.3 Å². The Morgan fingerprint density at radius 2 is 0.357 bits per heavy atom. The van der Waals surface area contributed by atoms with Crippen molar-refractivity contribution in [3.8, 4) is 0 Å². The van der Waals surface area contributed by atoms with E-state index in [0.29, 0.717) is 17.3 Å². The highest BCUT2D eigenvalue weighted by atomic mass is 31.2. The molecule has 0 aromatic heterocycles. The lowest BCUT2D eigenvalue weighted by Gasteiger charge is -2.46. The summed E-state index contributed by atoms with van der Waals surface area (Å²) in [6, 6.07) is 44.6. The van der Waals surface area contributed by atoms with Crippen LogP contribution in [0.3, 0.4) is 0 Å². The highest BCUT2D eigenvalue weighted by molar-refractivity contribution is 7.42. The van der Waals surface area contributed by atoms with E-state index in [1.54, 1.807) is 0 Å². The fraction of sp³-hybridized carbons (Fsp3) is 0.622. The summed E-state index contributed by atoms with van der Waals surface area (Å²) in [7, 11) is -2.65. The SMILES string of the molecule is C=C(OP(OC(=C)C(CCCCCC)(c1ccc(C(C)(C)C)cc1C(C)(C)C)c1ccc(C(C)(C)C)cc1C(C)(C)C)OC(=C)C(CCCCCC)(c1ccc(C(C)(C)C)cc1C(C)(C)C)c1ccc(C(C)(C)C)cc1C(C)(C)C)C(CCCCCC)(c1ccc(C(C)(C)C)cc1C(C)(C)C)c1ccc(C(C)(C)C)cc1C(C)(C)C. The minimum Gasteiger partial charge on any atom is -0.412 e. The largest absolute Gasteiger partial charge is 0.529 e. The van der Waals surface area contributed by atoms with Gasteiger partial charge in [-0.1, -0.05) is 476 Å². The van der Waals surface area contributed by atoms with E-state index >= 15 is 0 Å². The zero-order valence-corrected chi connectivity index (χ0v) is 82.7.